The smallest absolute Gasteiger partial charge is 0.339 e. The van der Waals surface area contributed by atoms with Gasteiger partial charge in [-0.2, -0.15) is 0 Å². The highest BCUT2D eigenvalue weighted by Crippen LogP contribution is 2.24. The van der Waals surface area contributed by atoms with Gasteiger partial charge in [-0.3, -0.25) is 0 Å². The zero-order chi connectivity index (χ0) is 24.1. The monoisotopic (exact) mass is 457 g/mol. The molecule has 0 aliphatic heterocycles. The second-order valence-electron chi connectivity index (χ2n) is 8.07. The van der Waals surface area contributed by atoms with Crippen LogP contribution in [0.5, 0.6) is 0 Å². The molecule has 2 aromatic carbocycles. The van der Waals surface area contributed by atoms with Gasteiger partial charge in [0.05, 0.1) is 18.4 Å². The Morgan fingerprint density at radius 3 is 2.56 bits per heavy atom. The topological polar surface area (TPSA) is 98.1 Å². The molecular weight excluding hydrogens is 430 g/mol. The largest absolute Gasteiger partial charge is 0.465 e. The van der Waals surface area contributed by atoms with Crippen molar-refractivity contribution in [1.82, 2.24) is 19.9 Å². The van der Waals surface area contributed by atoms with E-state index in [0.29, 0.717) is 30.8 Å². The summed E-state index contributed by atoms with van der Waals surface area (Å²) in [5, 5.41) is 5.61. The second kappa shape index (κ2) is 10.2. The van der Waals surface area contributed by atoms with E-state index in [2.05, 4.69) is 51.4 Å². The molecule has 0 unspecified atom stereocenters. The van der Waals surface area contributed by atoms with Gasteiger partial charge in [0.2, 0.25) is 0 Å². The number of carbonyl (C=O) groups is 2. The first-order valence-corrected chi connectivity index (χ1v) is 11.1. The van der Waals surface area contributed by atoms with Crippen molar-refractivity contribution in [3.8, 4) is 11.4 Å². The molecule has 8 nitrogen and oxygen atoms in total. The number of aryl methyl sites for hydroxylation is 3. The van der Waals surface area contributed by atoms with Crippen LogP contribution in [0.15, 0.2) is 60.8 Å². The van der Waals surface area contributed by atoms with Crippen LogP contribution in [0.4, 0.5) is 10.5 Å². The molecule has 0 bridgehead atoms. The van der Waals surface area contributed by atoms with E-state index in [1.54, 1.807) is 24.4 Å². The first kappa shape index (κ1) is 23.0. The summed E-state index contributed by atoms with van der Waals surface area (Å²) in [5.41, 5.74) is 5.49. The summed E-state index contributed by atoms with van der Waals surface area (Å²) in [7, 11) is 1.31. The van der Waals surface area contributed by atoms with Gasteiger partial charge in [-0.15, -0.1) is 0 Å². The number of fused-ring (bicyclic) bond motifs is 1. The van der Waals surface area contributed by atoms with Crippen LogP contribution >= 0.6 is 0 Å². The molecule has 0 aliphatic rings. The zero-order valence-corrected chi connectivity index (χ0v) is 19.5. The Morgan fingerprint density at radius 2 is 1.79 bits per heavy atom. The number of esters is 1. The third kappa shape index (κ3) is 5.06. The first-order valence-electron chi connectivity index (χ1n) is 11.1. The van der Waals surface area contributed by atoms with E-state index in [0.717, 1.165) is 28.1 Å². The van der Waals surface area contributed by atoms with Gasteiger partial charge in [0.15, 0.2) is 5.65 Å². The van der Waals surface area contributed by atoms with Crippen LogP contribution in [-0.4, -0.2) is 40.2 Å². The SMILES string of the molecule is COC(=O)c1ccc(C)cc1NC(=O)NCCCn1c(-c2ccc(C)cc2)nc2cccnc21. The number of anilines is 1. The highest BCUT2D eigenvalue weighted by atomic mass is 16.5. The Labute approximate surface area is 198 Å². The van der Waals surface area contributed by atoms with Crippen molar-refractivity contribution in [3.05, 3.63) is 77.5 Å². The Bertz CT molecular complexity index is 1330. The molecule has 0 atom stereocenters. The molecule has 2 N–H and O–H groups in total. The molecule has 2 aromatic heterocycles. The number of nitrogens with zero attached hydrogens (tertiary/aromatic N) is 3. The van der Waals surface area contributed by atoms with Crippen molar-refractivity contribution in [2.24, 2.45) is 0 Å². The van der Waals surface area contributed by atoms with Gasteiger partial charge in [-0.25, -0.2) is 19.6 Å². The average Bonchev–Trinajstić information content (AvgIpc) is 3.20. The van der Waals surface area contributed by atoms with Gasteiger partial charge in [-0.05, 0) is 50.1 Å². The number of nitrogens with one attached hydrogen (secondary N) is 2. The molecule has 0 radical (unpaired) electrons. The lowest BCUT2D eigenvalue weighted by molar-refractivity contribution is 0.0602. The molecule has 0 spiro atoms. The summed E-state index contributed by atoms with van der Waals surface area (Å²) < 4.78 is 6.88. The minimum Gasteiger partial charge on any atom is -0.465 e. The molecule has 4 aromatic rings. The number of hydrogen-bond donors (Lipinski definition) is 2. The summed E-state index contributed by atoms with van der Waals surface area (Å²) in [6.45, 7) is 5.01. The number of pyridine rings is 1. The number of rotatable bonds is 7. The maximum atomic E-state index is 12.5. The third-order valence-electron chi connectivity index (χ3n) is 5.49. The molecule has 2 heterocycles. The van der Waals surface area contributed by atoms with Gasteiger partial charge in [0, 0.05) is 24.8 Å². The molecule has 8 heteroatoms. The van der Waals surface area contributed by atoms with E-state index in [4.69, 9.17) is 9.72 Å². The normalized spacial score (nSPS) is 10.8. The van der Waals surface area contributed by atoms with E-state index in [1.807, 2.05) is 19.1 Å². The molecule has 0 aliphatic carbocycles. The van der Waals surface area contributed by atoms with Gasteiger partial charge in [0.1, 0.15) is 11.3 Å². The lowest BCUT2D eigenvalue weighted by atomic mass is 10.1. The number of benzene rings is 2. The van der Waals surface area contributed by atoms with Crippen LogP contribution in [0.3, 0.4) is 0 Å². The Balaban J connectivity index is 1.43. The Kier molecular flexibility index (Phi) is 6.87. The molecule has 34 heavy (non-hydrogen) atoms. The van der Waals surface area contributed by atoms with Crippen molar-refractivity contribution in [3.63, 3.8) is 0 Å². The average molecular weight is 458 g/mol. The zero-order valence-electron chi connectivity index (χ0n) is 19.5. The fourth-order valence-electron chi connectivity index (χ4n) is 3.75. The molecule has 174 valence electrons. The van der Waals surface area contributed by atoms with Gasteiger partial charge in [0.25, 0.3) is 0 Å². The second-order valence-corrected chi connectivity index (χ2v) is 8.07. The fraction of sp³-hybridized carbons (Fsp3) is 0.231. The molecule has 0 fully saturated rings. The van der Waals surface area contributed by atoms with Gasteiger partial charge < -0.3 is 19.9 Å². The predicted molar refractivity (Wildman–Crippen MR) is 132 cm³/mol. The van der Waals surface area contributed by atoms with Crippen molar-refractivity contribution in [2.45, 2.75) is 26.8 Å². The Hall–Kier alpha value is -4.20. The van der Waals surface area contributed by atoms with Crippen LogP contribution in [0.2, 0.25) is 0 Å². The first-order chi connectivity index (χ1) is 16.5. The van der Waals surface area contributed by atoms with E-state index < -0.39 is 5.97 Å². The van der Waals surface area contributed by atoms with Crippen molar-refractivity contribution in [1.29, 1.82) is 0 Å². The molecule has 2 amide bonds. The number of hydrogen-bond acceptors (Lipinski definition) is 5. The molecule has 0 saturated carbocycles. The number of imidazole rings is 1. The van der Waals surface area contributed by atoms with E-state index in [1.165, 1.54) is 12.7 Å². The standard InChI is InChI=1S/C26H27N5O3/c1-17-7-10-19(11-8-17)23-29-21-6-4-13-27-24(21)31(23)15-5-14-28-26(33)30-22-16-18(2)9-12-20(22)25(32)34-3/h4,6-13,16H,5,14-15H2,1-3H3,(H2,28,30,33). The highest BCUT2D eigenvalue weighted by Gasteiger charge is 2.15. The summed E-state index contributed by atoms with van der Waals surface area (Å²) in [6.07, 6.45) is 2.43. The fourth-order valence-corrected chi connectivity index (χ4v) is 3.75. The predicted octanol–water partition coefficient (Wildman–Crippen LogP) is 4.71. The van der Waals surface area contributed by atoms with Crippen molar-refractivity contribution < 1.29 is 14.3 Å². The molecule has 4 rings (SSSR count). The minimum absolute atomic E-state index is 0.307. The summed E-state index contributed by atoms with van der Waals surface area (Å²) in [4.78, 5) is 33.8. The van der Waals surface area contributed by atoms with Crippen LogP contribution in [0, 0.1) is 13.8 Å². The van der Waals surface area contributed by atoms with Crippen molar-refractivity contribution >= 4 is 28.9 Å². The number of urea groups is 1. The number of carbonyl (C=O) groups excluding carboxylic acids is 2. The van der Waals surface area contributed by atoms with Crippen molar-refractivity contribution in [2.75, 3.05) is 19.0 Å². The molecular formula is C26H27N5O3. The quantitative estimate of drug-likeness (QED) is 0.309. The lowest BCUT2D eigenvalue weighted by Gasteiger charge is -2.13. The number of amides is 2. The van der Waals surface area contributed by atoms with Crippen LogP contribution in [-0.2, 0) is 11.3 Å². The number of aromatic nitrogens is 3. The minimum atomic E-state index is -0.501. The highest BCUT2D eigenvalue weighted by molar-refractivity contribution is 6.01. The van der Waals surface area contributed by atoms with E-state index >= 15 is 0 Å². The number of ether oxygens (including phenoxy) is 1. The summed E-state index contributed by atoms with van der Waals surface area (Å²) in [6, 6.07) is 16.8. The van der Waals surface area contributed by atoms with Crippen LogP contribution in [0.25, 0.3) is 22.6 Å². The maximum absolute atomic E-state index is 12.5. The maximum Gasteiger partial charge on any atom is 0.339 e. The summed E-state index contributed by atoms with van der Waals surface area (Å²) in [5.74, 6) is 0.346. The third-order valence-corrected chi connectivity index (χ3v) is 5.49. The van der Waals surface area contributed by atoms with Crippen LogP contribution < -0.4 is 10.6 Å². The van der Waals surface area contributed by atoms with E-state index in [-0.39, 0.29) is 6.03 Å². The van der Waals surface area contributed by atoms with Gasteiger partial charge in [-0.1, -0.05) is 35.9 Å². The lowest BCUT2D eigenvalue weighted by Crippen LogP contribution is -2.30. The van der Waals surface area contributed by atoms with Crippen LogP contribution in [0.1, 0.15) is 27.9 Å². The Morgan fingerprint density at radius 1 is 1.03 bits per heavy atom. The summed E-state index contributed by atoms with van der Waals surface area (Å²) >= 11 is 0. The van der Waals surface area contributed by atoms with Gasteiger partial charge >= 0.3 is 12.0 Å². The molecule has 0 saturated heterocycles. The van der Waals surface area contributed by atoms with E-state index in [9.17, 15) is 9.59 Å². The number of methoxy groups -OCH3 is 1.